The fourth-order valence-corrected chi connectivity index (χ4v) is 3.66. The number of benzene rings is 1. The summed E-state index contributed by atoms with van der Waals surface area (Å²) in [7, 11) is 0. The van der Waals surface area contributed by atoms with Crippen LogP contribution in [0.25, 0.3) is 0 Å². The highest BCUT2D eigenvalue weighted by Gasteiger charge is 2.35. The molecule has 1 aromatic carbocycles. The van der Waals surface area contributed by atoms with Gasteiger partial charge in [0.2, 0.25) is 5.91 Å². The summed E-state index contributed by atoms with van der Waals surface area (Å²) in [5.74, 6) is -0.467. The summed E-state index contributed by atoms with van der Waals surface area (Å²) in [6.07, 6.45) is 4.31. The third-order valence-corrected chi connectivity index (χ3v) is 5.31. The van der Waals surface area contributed by atoms with E-state index < -0.39 is 12.0 Å². The largest absolute Gasteiger partial charge is 0.492 e. The maximum Gasteiger partial charge on any atom is 0.308 e. The zero-order chi connectivity index (χ0) is 21.2. The molecule has 1 heterocycles. The zero-order valence-corrected chi connectivity index (χ0v) is 18.6. The summed E-state index contributed by atoms with van der Waals surface area (Å²) in [5.41, 5.74) is 0.429. The molecule has 1 aliphatic rings. The Labute approximate surface area is 180 Å². The second-order valence-corrected chi connectivity index (χ2v) is 7.72. The van der Waals surface area contributed by atoms with E-state index in [1.54, 1.807) is 25.1 Å². The van der Waals surface area contributed by atoms with Crippen LogP contribution in [-0.2, 0) is 14.3 Å². The normalized spacial score (nSPS) is 16.3. The van der Waals surface area contributed by atoms with Crippen molar-refractivity contribution in [3.63, 3.8) is 0 Å². The molecule has 1 aliphatic heterocycles. The fraction of sp³-hybridized carbons (Fsp3) is 0.571. The Kier molecular flexibility index (Phi) is 9.44. The first kappa shape index (κ1) is 23.2. The van der Waals surface area contributed by atoms with Crippen LogP contribution in [0, 0.1) is 0 Å². The highest BCUT2D eigenvalue weighted by atomic mass is 79.9. The molecule has 8 heteroatoms. The number of carbonyl (C=O) groups excluding carboxylic acids is 3. The number of unbranched alkanes of at least 4 members (excludes halogenated alkanes) is 3. The van der Waals surface area contributed by atoms with E-state index >= 15 is 0 Å². The van der Waals surface area contributed by atoms with Crippen molar-refractivity contribution in [3.8, 4) is 5.75 Å². The Morgan fingerprint density at radius 3 is 2.72 bits per heavy atom. The summed E-state index contributed by atoms with van der Waals surface area (Å²) in [6.45, 7) is 5.41. The van der Waals surface area contributed by atoms with Crippen LogP contribution in [0.3, 0.4) is 0 Å². The van der Waals surface area contributed by atoms with E-state index in [4.69, 9.17) is 9.47 Å². The van der Waals surface area contributed by atoms with Crippen LogP contribution < -0.4 is 10.1 Å². The van der Waals surface area contributed by atoms with Crippen LogP contribution in [0.4, 0.5) is 0 Å². The van der Waals surface area contributed by atoms with Gasteiger partial charge in [0.15, 0.2) is 0 Å². The van der Waals surface area contributed by atoms with E-state index in [-0.39, 0.29) is 24.8 Å². The highest BCUT2D eigenvalue weighted by Crippen LogP contribution is 2.27. The van der Waals surface area contributed by atoms with Gasteiger partial charge >= 0.3 is 5.97 Å². The minimum absolute atomic E-state index is 0.161. The predicted octanol–water partition coefficient (Wildman–Crippen LogP) is 3.30. The van der Waals surface area contributed by atoms with Crippen molar-refractivity contribution in [1.29, 1.82) is 0 Å². The second-order valence-electron chi connectivity index (χ2n) is 6.87. The number of rotatable bonds is 10. The van der Waals surface area contributed by atoms with Gasteiger partial charge in [0.25, 0.3) is 5.91 Å². The van der Waals surface area contributed by atoms with Crippen molar-refractivity contribution in [2.45, 2.75) is 52.0 Å². The number of ether oxygens (including phenoxy) is 2. The van der Waals surface area contributed by atoms with Crippen LogP contribution in [0.1, 0.15) is 56.3 Å². The molecule has 29 heavy (non-hydrogen) atoms. The standard InChI is InChI=1S/C21H29BrN2O5/c1-3-5-6-7-12-29-18-9-8-15(13-16(18)22)21(27)24-11-10-23-20(26)17(24)14-19(25)28-4-2/h8-9,13,17H,3-7,10-12,14H2,1-2H3,(H,23,26). The first-order chi connectivity index (χ1) is 14.0. The first-order valence-electron chi connectivity index (χ1n) is 10.1. The molecule has 2 amide bonds. The van der Waals surface area contributed by atoms with Gasteiger partial charge in [-0.15, -0.1) is 0 Å². The van der Waals surface area contributed by atoms with Gasteiger partial charge in [-0.05, 0) is 47.5 Å². The predicted molar refractivity (Wildman–Crippen MR) is 113 cm³/mol. The van der Waals surface area contributed by atoms with E-state index in [0.29, 0.717) is 35.5 Å². The van der Waals surface area contributed by atoms with E-state index in [1.807, 2.05) is 0 Å². The lowest BCUT2D eigenvalue weighted by Gasteiger charge is -2.34. The SMILES string of the molecule is CCCCCCOc1ccc(C(=O)N2CCNC(=O)C2CC(=O)OCC)cc1Br. The molecule has 1 aromatic rings. The number of esters is 1. The summed E-state index contributed by atoms with van der Waals surface area (Å²) in [6, 6.07) is 4.25. The number of nitrogens with zero attached hydrogens (tertiary/aromatic N) is 1. The molecule has 1 unspecified atom stereocenters. The van der Waals surface area contributed by atoms with Crippen molar-refractivity contribution in [2.24, 2.45) is 0 Å². The Hall–Kier alpha value is -2.09. The molecular weight excluding hydrogens is 440 g/mol. The minimum Gasteiger partial charge on any atom is -0.492 e. The Morgan fingerprint density at radius 1 is 1.24 bits per heavy atom. The smallest absolute Gasteiger partial charge is 0.308 e. The number of hydrogen-bond acceptors (Lipinski definition) is 5. The number of nitrogens with one attached hydrogen (secondary N) is 1. The molecule has 7 nitrogen and oxygen atoms in total. The lowest BCUT2D eigenvalue weighted by atomic mass is 10.1. The van der Waals surface area contributed by atoms with Gasteiger partial charge in [-0.25, -0.2) is 0 Å². The van der Waals surface area contributed by atoms with Crippen molar-refractivity contribution >= 4 is 33.7 Å². The van der Waals surface area contributed by atoms with Gasteiger partial charge in [0.05, 0.1) is 24.1 Å². The molecule has 0 bridgehead atoms. The zero-order valence-electron chi connectivity index (χ0n) is 17.0. The summed E-state index contributed by atoms with van der Waals surface area (Å²) < 4.78 is 11.4. The maximum atomic E-state index is 13.0. The molecule has 0 aliphatic carbocycles. The number of amides is 2. The number of hydrogen-bond donors (Lipinski definition) is 1. The van der Waals surface area contributed by atoms with Gasteiger partial charge < -0.3 is 19.7 Å². The van der Waals surface area contributed by atoms with E-state index in [9.17, 15) is 14.4 Å². The van der Waals surface area contributed by atoms with Gasteiger partial charge in [0.1, 0.15) is 11.8 Å². The summed E-state index contributed by atoms with van der Waals surface area (Å²) >= 11 is 3.46. The average molecular weight is 469 g/mol. The number of halogens is 1. The third kappa shape index (κ3) is 6.73. The Bertz CT molecular complexity index is 725. The number of carbonyl (C=O) groups is 3. The quantitative estimate of drug-likeness (QED) is 0.420. The van der Waals surface area contributed by atoms with E-state index in [1.165, 1.54) is 17.7 Å². The number of piperazine rings is 1. The molecule has 2 rings (SSSR count). The summed E-state index contributed by atoms with van der Waals surface area (Å²) in [4.78, 5) is 38.6. The van der Waals surface area contributed by atoms with Crippen molar-refractivity contribution in [3.05, 3.63) is 28.2 Å². The fourth-order valence-electron chi connectivity index (χ4n) is 3.17. The molecule has 1 saturated heterocycles. The molecular formula is C21H29BrN2O5. The molecule has 160 valence electrons. The molecule has 0 radical (unpaired) electrons. The molecule has 0 saturated carbocycles. The monoisotopic (exact) mass is 468 g/mol. The van der Waals surface area contributed by atoms with Gasteiger partial charge in [-0.3, -0.25) is 14.4 Å². The average Bonchev–Trinajstić information content (AvgIpc) is 2.70. The van der Waals surface area contributed by atoms with Gasteiger partial charge in [-0.2, -0.15) is 0 Å². The summed E-state index contributed by atoms with van der Waals surface area (Å²) in [5, 5.41) is 2.70. The van der Waals surface area contributed by atoms with Crippen molar-refractivity contribution in [1.82, 2.24) is 10.2 Å². The van der Waals surface area contributed by atoms with Crippen LogP contribution in [0.5, 0.6) is 5.75 Å². The van der Waals surface area contributed by atoms with Gasteiger partial charge in [-0.1, -0.05) is 26.2 Å². The van der Waals surface area contributed by atoms with Crippen molar-refractivity contribution < 1.29 is 23.9 Å². The van der Waals surface area contributed by atoms with Crippen LogP contribution in [-0.4, -0.2) is 55.0 Å². The molecule has 0 spiro atoms. The molecule has 1 N–H and O–H groups in total. The lowest BCUT2D eigenvalue weighted by Crippen LogP contribution is -2.57. The molecule has 1 fully saturated rings. The second kappa shape index (κ2) is 11.8. The van der Waals surface area contributed by atoms with Crippen LogP contribution in [0.2, 0.25) is 0 Å². The Morgan fingerprint density at radius 2 is 2.03 bits per heavy atom. The van der Waals surface area contributed by atoms with Gasteiger partial charge in [0, 0.05) is 18.7 Å². The van der Waals surface area contributed by atoms with Crippen LogP contribution >= 0.6 is 15.9 Å². The maximum absolute atomic E-state index is 13.0. The minimum atomic E-state index is -0.872. The van der Waals surface area contributed by atoms with Crippen LogP contribution in [0.15, 0.2) is 22.7 Å². The lowest BCUT2D eigenvalue weighted by molar-refractivity contribution is -0.147. The molecule has 1 atom stereocenters. The van der Waals surface area contributed by atoms with E-state index in [0.717, 1.165) is 12.8 Å². The highest BCUT2D eigenvalue weighted by molar-refractivity contribution is 9.10. The molecule has 0 aromatic heterocycles. The first-order valence-corrected chi connectivity index (χ1v) is 10.9. The third-order valence-electron chi connectivity index (χ3n) is 4.69. The Balaban J connectivity index is 2.05. The topological polar surface area (TPSA) is 84.9 Å². The van der Waals surface area contributed by atoms with E-state index in [2.05, 4.69) is 28.2 Å². The van der Waals surface area contributed by atoms with Crippen molar-refractivity contribution in [2.75, 3.05) is 26.3 Å².